The van der Waals surface area contributed by atoms with Crippen LogP contribution in [0, 0.1) is 17.2 Å². The quantitative estimate of drug-likeness (QED) is 0.660. The van der Waals surface area contributed by atoms with E-state index in [2.05, 4.69) is 0 Å². The average molecular weight is 182 g/mol. The molecule has 1 N–H and O–H groups in total. The maximum Gasteiger partial charge on any atom is 0.237 e. The van der Waals surface area contributed by atoms with Gasteiger partial charge in [0.1, 0.15) is 6.42 Å². The topological polar surface area (TPSA) is 64.3 Å². The Balaban J connectivity index is 2.55. The van der Waals surface area contributed by atoms with Crippen LogP contribution >= 0.6 is 0 Å². The van der Waals surface area contributed by atoms with Gasteiger partial charge in [0.05, 0.1) is 6.07 Å². The Bertz CT molecular complexity index is 234. The Morgan fingerprint density at radius 2 is 2.46 bits per heavy atom. The summed E-state index contributed by atoms with van der Waals surface area (Å²) >= 11 is 0. The van der Waals surface area contributed by atoms with Crippen molar-refractivity contribution < 1.29 is 9.90 Å². The van der Waals surface area contributed by atoms with Crippen molar-refractivity contribution in [3.63, 3.8) is 0 Å². The van der Waals surface area contributed by atoms with Crippen LogP contribution in [0.5, 0.6) is 0 Å². The Kier molecular flexibility index (Phi) is 3.26. The van der Waals surface area contributed by atoms with Gasteiger partial charge in [-0.05, 0) is 13.3 Å². The lowest BCUT2D eigenvalue weighted by molar-refractivity contribution is -0.131. The molecule has 1 saturated heterocycles. The van der Waals surface area contributed by atoms with Crippen LogP contribution in [0.25, 0.3) is 0 Å². The number of likely N-dealkylation sites (tertiary alicyclic amines) is 1. The molecule has 0 aromatic rings. The summed E-state index contributed by atoms with van der Waals surface area (Å²) in [5.74, 6) is 0.0635. The lowest BCUT2D eigenvalue weighted by Gasteiger charge is -2.22. The summed E-state index contributed by atoms with van der Waals surface area (Å²) in [6.07, 6.45) is 0.789. The second-order valence-electron chi connectivity index (χ2n) is 3.39. The van der Waals surface area contributed by atoms with Crippen molar-refractivity contribution in [3.05, 3.63) is 0 Å². The minimum absolute atomic E-state index is 0.0531. The molecule has 1 amide bonds. The number of amides is 1. The van der Waals surface area contributed by atoms with E-state index in [-0.39, 0.29) is 30.9 Å². The minimum atomic E-state index is -0.119. The Labute approximate surface area is 77.8 Å². The Morgan fingerprint density at radius 3 is 2.92 bits per heavy atom. The molecule has 0 aromatic carbocycles. The summed E-state index contributed by atoms with van der Waals surface area (Å²) in [4.78, 5) is 13.0. The zero-order valence-corrected chi connectivity index (χ0v) is 7.73. The van der Waals surface area contributed by atoms with E-state index in [1.165, 1.54) is 0 Å². The molecule has 2 atom stereocenters. The molecule has 0 aliphatic carbocycles. The van der Waals surface area contributed by atoms with Crippen molar-refractivity contribution in [2.75, 3.05) is 13.2 Å². The van der Waals surface area contributed by atoms with Crippen LogP contribution in [0.2, 0.25) is 0 Å². The van der Waals surface area contributed by atoms with Gasteiger partial charge in [0.25, 0.3) is 0 Å². The van der Waals surface area contributed by atoms with Crippen molar-refractivity contribution in [1.29, 1.82) is 5.26 Å². The number of hydrogen-bond acceptors (Lipinski definition) is 3. The first-order valence-corrected chi connectivity index (χ1v) is 4.48. The highest BCUT2D eigenvalue weighted by atomic mass is 16.3. The van der Waals surface area contributed by atoms with E-state index in [9.17, 15) is 4.79 Å². The van der Waals surface area contributed by atoms with Crippen LogP contribution in [0.3, 0.4) is 0 Å². The Hall–Kier alpha value is -1.08. The van der Waals surface area contributed by atoms with Crippen LogP contribution in [0.1, 0.15) is 19.8 Å². The summed E-state index contributed by atoms with van der Waals surface area (Å²) in [6, 6.07) is 1.92. The molecule has 1 fully saturated rings. The summed E-state index contributed by atoms with van der Waals surface area (Å²) in [5.41, 5.74) is 0. The van der Waals surface area contributed by atoms with Gasteiger partial charge in [-0.3, -0.25) is 4.79 Å². The molecular formula is C9H14N2O2. The maximum atomic E-state index is 11.3. The summed E-state index contributed by atoms with van der Waals surface area (Å²) in [7, 11) is 0. The van der Waals surface area contributed by atoms with Gasteiger partial charge in [-0.1, -0.05) is 0 Å². The van der Waals surface area contributed by atoms with Gasteiger partial charge in [0.15, 0.2) is 0 Å². The second-order valence-corrected chi connectivity index (χ2v) is 3.39. The van der Waals surface area contributed by atoms with Crippen molar-refractivity contribution in [2.24, 2.45) is 5.92 Å². The van der Waals surface area contributed by atoms with Gasteiger partial charge in [-0.25, -0.2) is 0 Å². The molecule has 0 bridgehead atoms. The van der Waals surface area contributed by atoms with E-state index < -0.39 is 0 Å². The molecule has 1 rings (SSSR count). The van der Waals surface area contributed by atoms with E-state index in [4.69, 9.17) is 10.4 Å². The highest BCUT2D eigenvalue weighted by molar-refractivity contribution is 5.78. The fourth-order valence-electron chi connectivity index (χ4n) is 1.77. The first-order valence-electron chi connectivity index (χ1n) is 4.48. The predicted molar refractivity (Wildman–Crippen MR) is 46.6 cm³/mol. The van der Waals surface area contributed by atoms with E-state index in [0.29, 0.717) is 6.54 Å². The second kappa shape index (κ2) is 4.24. The van der Waals surface area contributed by atoms with E-state index in [1.807, 2.05) is 13.0 Å². The summed E-state index contributed by atoms with van der Waals surface area (Å²) < 4.78 is 0. The number of carbonyl (C=O) groups is 1. The standard InChI is InChI=1S/C9H14N2O2/c1-7-8(6-12)3-5-11(7)9(13)2-4-10/h7-8,12H,2-3,5-6H2,1H3. The van der Waals surface area contributed by atoms with E-state index in [1.54, 1.807) is 4.90 Å². The molecule has 1 heterocycles. The van der Waals surface area contributed by atoms with E-state index in [0.717, 1.165) is 6.42 Å². The van der Waals surface area contributed by atoms with Crippen molar-refractivity contribution >= 4 is 5.91 Å². The van der Waals surface area contributed by atoms with Crippen LogP contribution in [0.15, 0.2) is 0 Å². The lowest BCUT2D eigenvalue weighted by atomic mass is 10.0. The number of nitrogens with zero attached hydrogens (tertiary/aromatic N) is 2. The zero-order valence-electron chi connectivity index (χ0n) is 7.73. The lowest BCUT2D eigenvalue weighted by Crippen LogP contribution is -2.36. The smallest absolute Gasteiger partial charge is 0.237 e. The molecule has 1 aliphatic rings. The third-order valence-corrected chi connectivity index (χ3v) is 2.70. The molecule has 72 valence electrons. The van der Waals surface area contributed by atoms with Gasteiger partial charge in [0, 0.05) is 25.1 Å². The van der Waals surface area contributed by atoms with Crippen molar-refractivity contribution in [3.8, 4) is 6.07 Å². The van der Waals surface area contributed by atoms with Gasteiger partial charge >= 0.3 is 0 Å². The van der Waals surface area contributed by atoms with Gasteiger partial charge in [-0.15, -0.1) is 0 Å². The van der Waals surface area contributed by atoms with Crippen molar-refractivity contribution in [1.82, 2.24) is 4.90 Å². The fraction of sp³-hybridized carbons (Fsp3) is 0.778. The highest BCUT2D eigenvalue weighted by Crippen LogP contribution is 2.23. The molecule has 2 unspecified atom stereocenters. The monoisotopic (exact) mass is 182 g/mol. The normalized spacial score (nSPS) is 27.3. The van der Waals surface area contributed by atoms with Gasteiger partial charge in [-0.2, -0.15) is 5.26 Å². The molecule has 1 aliphatic heterocycles. The number of carbonyl (C=O) groups excluding carboxylic acids is 1. The fourth-order valence-corrected chi connectivity index (χ4v) is 1.77. The van der Waals surface area contributed by atoms with Crippen molar-refractivity contribution in [2.45, 2.75) is 25.8 Å². The highest BCUT2D eigenvalue weighted by Gasteiger charge is 2.32. The number of nitriles is 1. The molecule has 13 heavy (non-hydrogen) atoms. The number of rotatable bonds is 2. The molecular weight excluding hydrogens is 168 g/mol. The maximum absolute atomic E-state index is 11.3. The molecule has 0 spiro atoms. The molecule has 0 saturated carbocycles. The third kappa shape index (κ3) is 1.99. The van der Waals surface area contributed by atoms with Gasteiger partial charge in [0.2, 0.25) is 5.91 Å². The molecule has 4 heteroatoms. The van der Waals surface area contributed by atoms with Crippen LogP contribution in [0.4, 0.5) is 0 Å². The summed E-state index contributed by atoms with van der Waals surface area (Å²) in [6.45, 7) is 2.72. The predicted octanol–water partition coefficient (Wildman–Crippen LogP) is 0.129. The molecule has 0 radical (unpaired) electrons. The van der Waals surface area contributed by atoms with Crippen LogP contribution in [-0.2, 0) is 4.79 Å². The SMILES string of the molecule is CC1C(CO)CCN1C(=O)CC#N. The van der Waals surface area contributed by atoms with Crippen LogP contribution in [-0.4, -0.2) is 35.1 Å². The summed E-state index contributed by atoms with van der Waals surface area (Å²) in [5, 5.41) is 17.3. The first kappa shape index (κ1) is 10.0. The molecule has 4 nitrogen and oxygen atoms in total. The third-order valence-electron chi connectivity index (χ3n) is 2.70. The van der Waals surface area contributed by atoms with E-state index >= 15 is 0 Å². The number of hydrogen-bond donors (Lipinski definition) is 1. The van der Waals surface area contributed by atoms with Crippen LogP contribution < -0.4 is 0 Å². The number of aliphatic hydroxyl groups is 1. The number of aliphatic hydroxyl groups excluding tert-OH is 1. The average Bonchev–Trinajstić information content (AvgIpc) is 2.47. The molecule has 0 aromatic heterocycles. The van der Waals surface area contributed by atoms with Gasteiger partial charge < -0.3 is 10.0 Å². The zero-order chi connectivity index (χ0) is 9.84. The minimum Gasteiger partial charge on any atom is -0.396 e. The first-order chi connectivity index (χ1) is 6.20. The Morgan fingerprint density at radius 1 is 1.77 bits per heavy atom. The largest absolute Gasteiger partial charge is 0.396 e.